The summed E-state index contributed by atoms with van der Waals surface area (Å²) in [5.74, 6) is -0.0646. The highest BCUT2D eigenvalue weighted by Crippen LogP contribution is 2.27. The van der Waals surface area contributed by atoms with Crippen molar-refractivity contribution in [2.45, 2.75) is 13.3 Å². The van der Waals surface area contributed by atoms with E-state index >= 15 is 0 Å². The van der Waals surface area contributed by atoms with Gasteiger partial charge in [-0.2, -0.15) is 0 Å². The second-order valence-electron chi connectivity index (χ2n) is 5.27. The third-order valence-electron chi connectivity index (χ3n) is 3.49. The molecule has 0 heterocycles. The van der Waals surface area contributed by atoms with E-state index in [1.165, 1.54) is 7.11 Å². The maximum Gasteiger partial charge on any atom is 0.243 e. The number of halogens is 1. The number of hydrogen-bond acceptors (Lipinski definition) is 3. The van der Waals surface area contributed by atoms with Gasteiger partial charge >= 0.3 is 0 Å². The average molecular weight is 347 g/mol. The van der Waals surface area contributed by atoms with E-state index in [-0.39, 0.29) is 24.8 Å². The third-order valence-corrected chi connectivity index (χ3v) is 3.73. The highest BCUT2D eigenvalue weighted by molar-refractivity contribution is 6.31. The highest BCUT2D eigenvalue weighted by Gasteiger charge is 2.11. The van der Waals surface area contributed by atoms with Gasteiger partial charge in [-0.25, -0.2) is 0 Å². The standard InChI is InChI=1S/C18H19ClN2O3/c1-12-5-3-4-6-13(12)9-17(22)20-11-18(23)21-15-10-14(19)7-8-16(15)24-2/h3-8,10H,9,11H2,1-2H3,(H,20,22)(H,21,23). The fourth-order valence-electron chi connectivity index (χ4n) is 2.20. The number of carbonyl (C=O) groups is 2. The Morgan fingerprint density at radius 1 is 1.12 bits per heavy atom. The number of methoxy groups -OCH3 is 1. The minimum atomic E-state index is -0.353. The zero-order chi connectivity index (χ0) is 17.5. The maximum atomic E-state index is 12.0. The molecule has 126 valence electrons. The summed E-state index contributed by atoms with van der Waals surface area (Å²) in [6.45, 7) is 1.82. The molecule has 0 aliphatic rings. The Morgan fingerprint density at radius 3 is 2.58 bits per heavy atom. The number of nitrogens with one attached hydrogen (secondary N) is 2. The Morgan fingerprint density at radius 2 is 1.88 bits per heavy atom. The predicted octanol–water partition coefficient (Wildman–Crippen LogP) is 2.95. The largest absolute Gasteiger partial charge is 0.495 e. The van der Waals surface area contributed by atoms with Gasteiger partial charge in [-0.1, -0.05) is 35.9 Å². The van der Waals surface area contributed by atoms with Gasteiger partial charge < -0.3 is 15.4 Å². The summed E-state index contributed by atoms with van der Waals surface area (Å²) in [4.78, 5) is 24.0. The molecule has 6 heteroatoms. The number of aryl methyl sites for hydroxylation is 1. The molecule has 0 aliphatic carbocycles. The van der Waals surface area contributed by atoms with Crippen LogP contribution in [0.15, 0.2) is 42.5 Å². The zero-order valence-corrected chi connectivity index (χ0v) is 14.3. The van der Waals surface area contributed by atoms with Crippen molar-refractivity contribution >= 4 is 29.1 Å². The molecule has 2 rings (SSSR count). The summed E-state index contributed by atoms with van der Waals surface area (Å²) in [6, 6.07) is 12.6. The molecule has 2 aromatic carbocycles. The second-order valence-corrected chi connectivity index (χ2v) is 5.71. The van der Waals surface area contributed by atoms with Gasteiger partial charge in [-0.3, -0.25) is 9.59 Å². The van der Waals surface area contributed by atoms with Crippen LogP contribution in [0.2, 0.25) is 5.02 Å². The first-order valence-electron chi connectivity index (χ1n) is 7.44. The summed E-state index contributed by atoms with van der Waals surface area (Å²) < 4.78 is 5.16. The van der Waals surface area contributed by atoms with E-state index in [2.05, 4.69) is 10.6 Å². The van der Waals surface area contributed by atoms with Crippen molar-refractivity contribution in [3.8, 4) is 5.75 Å². The molecule has 2 aromatic rings. The van der Waals surface area contributed by atoms with Crippen LogP contribution in [0.25, 0.3) is 0 Å². The number of carbonyl (C=O) groups excluding carboxylic acids is 2. The van der Waals surface area contributed by atoms with Crippen LogP contribution in [-0.4, -0.2) is 25.5 Å². The van der Waals surface area contributed by atoms with Crippen molar-refractivity contribution in [2.75, 3.05) is 19.0 Å². The molecule has 2 N–H and O–H groups in total. The summed E-state index contributed by atoms with van der Waals surface area (Å²) >= 11 is 5.91. The van der Waals surface area contributed by atoms with Gasteiger partial charge in [0.25, 0.3) is 0 Å². The Kier molecular flexibility index (Phi) is 6.21. The van der Waals surface area contributed by atoms with E-state index in [1.54, 1.807) is 18.2 Å². The summed E-state index contributed by atoms with van der Waals surface area (Å²) in [5.41, 5.74) is 2.44. The SMILES string of the molecule is COc1ccc(Cl)cc1NC(=O)CNC(=O)Cc1ccccc1C. The van der Waals surface area contributed by atoms with Gasteiger partial charge in [0, 0.05) is 5.02 Å². The van der Waals surface area contributed by atoms with Crippen molar-refractivity contribution < 1.29 is 14.3 Å². The number of benzene rings is 2. The Bertz CT molecular complexity index is 747. The summed E-state index contributed by atoms with van der Waals surface area (Å²) in [5, 5.41) is 5.76. The van der Waals surface area contributed by atoms with Crippen LogP contribution in [0.5, 0.6) is 5.75 Å². The van der Waals surface area contributed by atoms with Crippen LogP contribution in [0, 0.1) is 6.92 Å². The van der Waals surface area contributed by atoms with Gasteiger partial charge in [0.1, 0.15) is 5.75 Å². The first kappa shape index (κ1) is 17.8. The highest BCUT2D eigenvalue weighted by atomic mass is 35.5. The van der Waals surface area contributed by atoms with Gasteiger partial charge in [0.15, 0.2) is 0 Å². The Labute approximate surface area is 146 Å². The van der Waals surface area contributed by atoms with E-state index in [0.717, 1.165) is 11.1 Å². The van der Waals surface area contributed by atoms with Crippen LogP contribution in [0.1, 0.15) is 11.1 Å². The maximum absolute atomic E-state index is 12.0. The van der Waals surface area contributed by atoms with E-state index in [9.17, 15) is 9.59 Å². The lowest BCUT2D eigenvalue weighted by Crippen LogP contribution is -2.34. The lowest BCUT2D eigenvalue weighted by molar-refractivity contribution is -0.123. The van der Waals surface area contributed by atoms with E-state index in [1.807, 2.05) is 31.2 Å². The number of ether oxygens (including phenoxy) is 1. The number of amides is 2. The molecule has 0 unspecified atom stereocenters. The minimum absolute atomic E-state index is 0.125. The molecular weight excluding hydrogens is 328 g/mol. The molecule has 0 aliphatic heterocycles. The van der Waals surface area contributed by atoms with Crippen LogP contribution >= 0.6 is 11.6 Å². The lowest BCUT2D eigenvalue weighted by Gasteiger charge is -2.11. The monoisotopic (exact) mass is 346 g/mol. The van der Waals surface area contributed by atoms with Crippen molar-refractivity contribution in [1.82, 2.24) is 5.32 Å². The topological polar surface area (TPSA) is 67.4 Å². The third kappa shape index (κ3) is 4.99. The Balaban J connectivity index is 1.88. The van der Waals surface area contributed by atoms with Gasteiger partial charge in [0.2, 0.25) is 11.8 Å². The van der Waals surface area contributed by atoms with Crippen molar-refractivity contribution in [2.24, 2.45) is 0 Å². The second kappa shape index (κ2) is 8.36. The van der Waals surface area contributed by atoms with Gasteiger partial charge in [-0.05, 0) is 36.2 Å². The van der Waals surface area contributed by atoms with E-state index in [0.29, 0.717) is 16.5 Å². The number of hydrogen-bond donors (Lipinski definition) is 2. The zero-order valence-electron chi connectivity index (χ0n) is 13.6. The number of anilines is 1. The molecule has 24 heavy (non-hydrogen) atoms. The predicted molar refractivity (Wildman–Crippen MR) is 94.5 cm³/mol. The van der Waals surface area contributed by atoms with Crippen LogP contribution in [0.4, 0.5) is 5.69 Å². The molecule has 0 saturated carbocycles. The summed E-state index contributed by atoms with van der Waals surface area (Å²) in [6.07, 6.45) is 0.237. The normalized spacial score (nSPS) is 10.1. The van der Waals surface area contributed by atoms with Gasteiger partial charge in [0.05, 0.1) is 25.8 Å². The molecule has 0 spiro atoms. The molecule has 0 atom stereocenters. The molecule has 2 amide bonds. The first-order chi connectivity index (χ1) is 11.5. The van der Waals surface area contributed by atoms with Crippen molar-refractivity contribution in [3.63, 3.8) is 0 Å². The Hall–Kier alpha value is -2.53. The molecule has 0 saturated heterocycles. The molecule has 0 aromatic heterocycles. The molecule has 5 nitrogen and oxygen atoms in total. The average Bonchev–Trinajstić information content (AvgIpc) is 2.55. The summed E-state index contributed by atoms with van der Waals surface area (Å²) in [7, 11) is 1.50. The van der Waals surface area contributed by atoms with E-state index < -0.39 is 0 Å². The molecular formula is C18H19ClN2O3. The van der Waals surface area contributed by atoms with Crippen LogP contribution in [-0.2, 0) is 16.0 Å². The van der Waals surface area contributed by atoms with Crippen molar-refractivity contribution in [3.05, 3.63) is 58.6 Å². The fourth-order valence-corrected chi connectivity index (χ4v) is 2.37. The van der Waals surface area contributed by atoms with Crippen molar-refractivity contribution in [1.29, 1.82) is 0 Å². The van der Waals surface area contributed by atoms with Gasteiger partial charge in [-0.15, -0.1) is 0 Å². The smallest absolute Gasteiger partial charge is 0.243 e. The first-order valence-corrected chi connectivity index (χ1v) is 7.82. The molecule has 0 bridgehead atoms. The van der Waals surface area contributed by atoms with E-state index in [4.69, 9.17) is 16.3 Å². The van der Waals surface area contributed by atoms with Crippen LogP contribution < -0.4 is 15.4 Å². The fraction of sp³-hybridized carbons (Fsp3) is 0.222. The lowest BCUT2D eigenvalue weighted by atomic mass is 10.1. The minimum Gasteiger partial charge on any atom is -0.495 e. The number of rotatable bonds is 6. The molecule has 0 fully saturated rings. The van der Waals surface area contributed by atoms with Crippen LogP contribution in [0.3, 0.4) is 0 Å². The molecule has 0 radical (unpaired) electrons. The quantitative estimate of drug-likeness (QED) is 0.845.